The van der Waals surface area contributed by atoms with E-state index in [1.165, 1.54) is 11.8 Å². The zero-order chi connectivity index (χ0) is 17.1. The molecule has 0 spiro atoms. The molecular weight excluding hydrogens is 326 g/mol. The second-order valence-electron chi connectivity index (χ2n) is 5.21. The molecule has 0 bridgehead atoms. The minimum atomic E-state index is -1.10. The Morgan fingerprint density at radius 1 is 1.25 bits per heavy atom. The summed E-state index contributed by atoms with van der Waals surface area (Å²) >= 11 is 1.34. The van der Waals surface area contributed by atoms with Crippen LogP contribution in [-0.2, 0) is 5.75 Å². The van der Waals surface area contributed by atoms with E-state index in [0.29, 0.717) is 16.6 Å². The van der Waals surface area contributed by atoms with Crippen LogP contribution in [0.5, 0.6) is 0 Å². The predicted octanol–water partition coefficient (Wildman–Crippen LogP) is 2.66. The summed E-state index contributed by atoms with van der Waals surface area (Å²) in [6.45, 7) is 3.96. The first-order chi connectivity index (χ1) is 11.6. The van der Waals surface area contributed by atoms with Crippen molar-refractivity contribution in [3.05, 3.63) is 59.2 Å². The maximum Gasteiger partial charge on any atom is 0.358 e. The topological polar surface area (TPSA) is 93.8 Å². The Bertz CT molecular complexity index is 879. The quantitative estimate of drug-likeness (QED) is 0.563. The molecule has 8 heteroatoms. The van der Waals surface area contributed by atoms with E-state index in [-0.39, 0.29) is 5.69 Å². The van der Waals surface area contributed by atoms with E-state index >= 15 is 0 Å². The van der Waals surface area contributed by atoms with Gasteiger partial charge < -0.3 is 5.11 Å². The Hall–Kier alpha value is -2.74. The number of carboxylic acids is 1. The SMILES string of the molecule is Cc1ccc(-n2nnc(C(=O)O)c2CSc2ncccn2)c(C)c1. The van der Waals surface area contributed by atoms with Gasteiger partial charge in [0.15, 0.2) is 10.9 Å². The summed E-state index contributed by atoms with van der Waals surface area (Å²) in [6.07, 6.45) is 3.29. The minimum Gasteiger partial charge on any atom is -0.476 e. The third kappa shape index (κ3) is 3.28. The number of carbonyl (C=O) groups is 1. The molecule has 24 heavy (non-hydrogen) atoms. The van der Waals surface area contributed by atoms with Gasteiger partial charge in [-0.1, -0.05) is 34.7 Å². The van der Waals surface area contributed by atoms with E-state index in [1.807, 2.05) is 32.0 Å². The third-order valence-electron chi connectivity index (χ3n) is 3.43. The summed E-state index contributed by atoms with van der Waals surface area (Å²) in [5.41, 5.74) is 3.39. The number of hydrogen-bond acceptors (Lipinski definition) is 6. The van der Waals surface area contributed by atoms with Crippen LogP contribution in [0.3, 0.4) is 0 Å². The van der Waals surface area contributed by atoms with Crippen LogP contribution >= 0.6 is 11.8 Å². The van der Waals surface area contributed by atoms with Crippen LogP contribution in [0.4, 0.5) is 0 Å². The normalized spacial score (nSPS) is 10.8. The molecule has 7 nitrogen and oxygen atoms in total. The number of carboxylic acid groups (broad SMARTS) is 1. The number of thioether (sulfide) groups is 1. The number of rotatable bonds is 5. The number of aryl methyl sites for hydroxylation is 2. The zero-order valence-electron chi connectivity index (χ0n) is 13.2. The number of hydrogen-bond donors (Lipinski definition) is 1. The summed E-state index contributed by atoms with van der Waals surface area (Å²) < 4.78 is 1.58. The summed E-state index contributed by atoms with van der Waals surface area (Å²) in [7, 11) is 0. The summed E-state index contributed by atoms with van der Waals surface area (Å²) in [4.78, 5) is 19.7. The van der Waals surface area contributed by atoms with Gasteiger partial charge in [0, 0.05) is 18.1 Å². The van der Waals surface area contributed by atoms with Crippen LogP contribution in [0.15, 0.2) is 41.8 Å². The lowest BCUT2D eigenvalue weighted by atomic mass is 10.1. The second-order valence-corrected chi connectivity index (χ2v) is 6.15. The molecular formula is C16H15N5O2S. The first-order valence-electron chi connectivity index (χ1n) is 7.21. The van der Waals surface area contributed by atoms with Gasteiger partial charge in [-0.2, -0.15) is 0 Å². The third-order valence-corrected chi connectivity index (χ3v) is 4.31. The lowest BCUT2D eigenvalue weighted by molar-refractivity contribution is 0.0689. The van der Waals surface area contributed by atoms with Crippen molar-refractivity contribution in [1.82, 2.24) is 25.0 Å². The zero-order valence-corrected chi connectivity index (χ0v) is 14.0. The largest absolute Gasteiger partial charge is 0.476 e. The number of aromatic nitrogens is 5. The first kappa shape index (κ1) is 16.1. The fraction of sp³-hybridized carbons (Fsp3) is 0.188. The van der Waals surface area contributed by atoms with Crippen molar-refractivity contribution in [2.45, 2.75) is 24.8 Å². The van der Waals surface area contributed by atoms with Crippen LogP contribution in [-0.4, -0.2) is 36.0 Å². The van der Waals surface area contributed by atoms with Crippen molar-refractivity contribution in [2.24, 2.45) is 0 Å². The number of nitrogens with zero attached hydrogens (tertiary/aromatic N) is 5. The van der Waals surface area contributed by atoms with Crippen molar-refractivity contribution < 1.29 is 9.90 Å². The highest BCUT2D eigenvalue weighted by Crippen LogP contribution is 2.24. The van der Waals surface area contributed by atoms with Crippen LogP contribution in [0.1, 0.15) is 27.3 Å². The van der Waals surface area contributed by atoms with Gasteiger partial charge in [0.25, 0.3) is 0 Å². The smallest absolute Gasteiger partial charge is 0.358 e. The molecule has 3 aromatic rings. The minimum absolute atomic E-state index is 0.0570. The first-order valence-corrected chi connectivity index (χ1v) is 8.20. The monoisotopic (exact) mass is 341 g/mol. The molecule has 0 saturated heterocycles. The van der Waals surface area contributed by atoms with Crippen molar-refractivity contribution in [1.29, 1.82) is 0 Å². The fourth-order valence-electron chi connectivity index (χ4n) is 2.33. The van der Waals surface area contributed by atoms with Gasteiger partial charge in [0.05, 0.1) is 11.4 Å². The lowest BCUT2D eigenvalue weighted by Gasteiger charge is -2.10. The highest BCUT2D eigenvalue weighted by atomic mass is 32.2. The summed E-state index contributed by atoms with van der Waals surface area (Å²) in [6, 6.07) is 7.63. The standard InChI is InChI=1S/C16H15N5O2S/c1-10-4-5-12(11(2)8-10)21-13(14(15(22)23)19-20-21)9-24-16-17-6-3-7-18-16/h3-8H,9H2,1-2H3,(H,22,23). The molecule has 1 aromatic carbocycles. The van der Waals surface area contributed by atoms with E-state index < -0.39 is 5.97 Å². The van der Waals surface area contributed by atoms with Gasteiger partial charge in [-0.15, -0.1) is 5.10 Å². The van der Waals surface area contributed by atoms with Crippen molar-refractivity contribution in [3.63, 3.8) is 0 Å². The van der Waals surface area contributed by atoms with Gasteiger partial charge in [-0.05, 0) is 31.5 Å². The second kappa shape index (κ2) is 6.79. The molecule has 0 unspecified atom stereocenters. The lowest BCUT2D eigenvalue weighted by Crippen LogP contribution is -2.07. The Labute approximate surface area is 142 Å². The van der Waals surface area contributed by atoms with Crippen molar-refractivity contribution in [3.8, 4) is 5.69 Å². The van der Waals surface area contributed by atoms with Crippen LogP contribution in [0.2, 0.25) is 0 Å². The maximum absolute atomic E-state index is 11.5. The van der Waals surface area contributed by atoms with E-state index in [4.69, 9.17) is 0 Å². The Kier molecular flexibility index (Phi) is 4.57. The van der Waals surface area contributed by atoms with Crippen LogP contribution in [0, 0.1) is 13.8 Å². The molecule has 0 amide bonds. The summed E-state index contributed by atoms with van der Waals surface area (Å²) in [5.74, 6) is -0.748. The van der Waals surface area contributed by atoms with Crippen LogP contribution in [0.25, 0.3) is 5.69 Å². The highest BCUT2D eigenvalue weighted by molar-refractivity contribution is 7.98. The van der Waals surface area contributed by atoms with Gasteiger partial charge in [-0.25, -0.2) is 19.4 Å². The average molecular weight is 341 g/mol. The molecule has 2 aromatic heterocycles. The van der Waals surface area contributed by atoms with E-state index in [0.717, 1.165) is 16.8 Å². The van der Waals surface area contributed by atoms with Crippen molar-refractivity contribution >= 4 is 17.7 Å². The molecule has 2 heterocycles. The predicted molar refractivity (Wildman–Crippen MR) is 89.4 cm³/mol. The molecule has 0 fully saturated rings. The molecule has 3 rings (SSSR count). The Balaban J connectivity index is 1.99. The number of benzene rings is 1. The molecule has 0 aliphatic heterocycles. The van der Waals surface area contributed by atoms with Gasteiger partial charge in [0.1, 0.15) is 0 Å². The molecule has 1 N–H and O–H groups in total. The molecule has 0 aliphatic carbocycles. The number of aromatic carboxylic acids is 1. The summed E-state index contributed by atoms with van der Waals surface area (Å²) in [5, 5.41) is 17.8. The fourth-order valence-corrected chi connectivity index (χ4v) is 3.12. The Morgan fingerprint density at radius 2 is 2.00 bits per heavy atom. The molecule has 0 radical (unpaired) electrons. The average Bonchev–Trinajstić information content (AvgIpc) is 2.98. The molecule has 0 saturated carbocycles. The van der Waals surface area contributed by atoms with E-state index in [2.05, 4.69) is 20.3 Å². The van der Waals surface area contributed by atoms with Crippen LogP contribution < -0.4 is 0 Å². The van der Waals surface area contributed by atoms with Gasteiger partial charge in [0.2, 0.25) is 0 Å². The van der Waals surface area contributed by atoms with Gasteiger partial charge >= 0.3 is 5.97 Å². The Morgan fingerprint density at radius 3 is 2.67 bits per heavy atom. The van der Waals surface area contributed by atoms with E-state index in [9.17, 15) is 9.90 Å². The van der Waals surface area contributed by atoms with Gasteiger partial charge in [-0.3, -0.25) is 0 Å². The molecule has 0 aliphatic rings. The van der Waals surface area contributed by atoms with Crippen molar-refractivity contribution in [2.75, 3.05) is 0 Å². The van der Waals surface area contributed by atoms with E-state index in [1.54, 1.807) is 23.1 Å². The molecule has 122 valence electrons. The maximum atomic E-state index is 11.5. The highest BCUT2D eigenvalue weighted by Gasteiger charge is 2.21. The molecule has 0 atom stereocenters.